The average Bonchev–Trinajstić information content (AvgIpc) is 2.64. The summed E-state index contributed by atoms with van der Waals surface area (Å²) in [7, 11) is 0. The van der Waals surface area contributed by atoms with Crippen molar-refractivity contribution in [1.82, 2.24) is 0 Å². The summed E-state index contributed by atoms with van der Waals surface area (Å²) in [5, 5.41) is 0. The van der Waals surface area contributed by atoms with Crippen LogP contribution in [0.15, 0.2) is 24.5 Å². The van der Waals surface area contributed by atoms with Crippen molar-refractivity contribution in [2.45, 2.75) is 90.9 Å². The quantitative estimate of drug-likeness (QED) is 0.245. The molecule has 0 saturated heterocycles. The minimum atomic E-state index is 0.806. The number of unbranched alkanes of at least 4 members (excludes halogenated alkanes) is 2. The zero-order valence-corrected chi connectivity index (χ0v) is 16.2. The molecule has 2 aliphatic carbocycles. The van der Waals surface area contributed by atoms with E-state index in [0.717, 1.165) is 36.7 Å². The predicted octanol–water partition coefficient (Wildman–Crippen LogP) is 7.29. The minimum Gasteiger partial charge on any atom is -0.501 e. The highest BCUT2D eigenvalue weighted by Crippen LogP contribution is 2.41. The van der Waals surface area contributed by atoms with Crippen LogP contribution >= 0.6 is 0 Å². The molecule has 0 radical (unpaired) electrons. The summed E-state index contributed by atoms with van der Waals surface area (Å²) in [6, 6.07) is 0. The zero-order chi connectivity index (χ0) is 17.0. The molecule has 0 amide bonds. The molecule has 2 aliphatic rings. The summed E-state index contributed by atoms with van der Waals surface area (Å²) in [5.74, 6) is 3.72. The normalized spacial score (nSPS) is 31.8. The monoisotopic (exact) mass is 332 g/mol. The molecule has 0 N–H and O–H groups in total. The fourth-order valence-electron chi connectivity index (χ4n) is 4.60. The van der Waals surface area contributed by atoms with Crippen LogP contribution in [0.25, 0.3) is 0 Å². The minimum absolute atomic E-state index is 0.806. The van der Waals surface area contributed by atoms with Crippen molar-refractivity contribution in [3.8, 4) is 0 Å². The van der Waals surface area contributed by atoms with Crippen LogP contribution in [0.1, 0.15) is 90.9 Å². The van der Waals surface area contributed by atoms with Crippen LogP contribution in [0.2, 0.25) is 0 Å². The van der Waals surface area contributed by atoms with Crippen LogP contribution in [-0.4, -0.2) is 6.61 Å². The Kier molecular flexibility index (Phi) is 9.61. The molecule has 0 aromatic carbocycles. The Labute approximate surface area is 150 Å². The molecule has 2 fully saturated rings. The largest absolute Gasteiger partial charge is 0.501 e. The lowest BCUT2D eigenvalue weighted by molar-refractivity contribution is 0.113. The third kappa shape index (κ3) is 7.03. The first-order chi connectivity index (χ1) is 11.8. The lowest BCUT2D eigenvalue weighted by Crippen LogP contribution is -2.26. The molecule has 0 unspecified atom stereocenters. The van der Waals surface area contributed by atoms with Gasteiger partial charge in [0.25, 0.3) is 0 Å². The second-order valence-electron chi connectivity index (χ2n) is 8.14. The highest BCUT2D eigenvalue weighted by atomic mass is 16.5. The Hall–Kier alpha value is -0.720. The van der Waals surface area contributed by atoms with Gasteiger partial charge in [-0.3, -0.25) is 0 Å². The Morgan fingerprint density at radius 3 is 2.12 bits per heavy atom. The van der Waals surface area contributed by atoms with Crippen LogP contribution in [0, 0.1) is 23.7 Å². The van der Waals surface area contributed by atoms with Crippen LogP contribution in [0.3, 0.4) is 0 Å². The standard InChI is InChI=1S/C23H40O/c1-3-5-7-8-9-20-10-14-22(15-11-20)23-16-12-21(13-17-23)19-24-18-6-4-2/h6,8-9,18,20-23H,3-5,7,10-17,19H2,1-2H3/t20-,21-,22-,23-. The second kappa shape index (κ2) is 11.8. The van der Waals surface area contributed by atoms with Crippen molar-refractivity contribution >= 4 is 0 Å². The van der Waals surface area contributed by atoms with Crippen molar-refractivity contribution in [3.63, 3.8) is 0 Å². The third-order valence-electron chi connectivity index (χ3n) is 6.27. The molecule has 0 bridgehead atoms. The Morgan fingerprint density at radius 1 is 0.833 bits per heavy atom. The molecule has 1 heteroatoms. The van der Waals surface area contributed by atoms with Gasteiger partial charge < -0.3 is 4.74 Å². The lowest BCUT2D eigenvalue weighted by atomic mass is 9.69. The molecular formula is C23H40O. The van der Waals surface area contributed by atoms with E-state index in [1.165, 1.54) is 70.6 Å². The van der Waals surface area contributed by atoms with E-state index in [1.807, 2.05) is 6.26 Å². The number of allylic oxidation sites excluding steroid dienone is 3. The number of hydrogen-bond acceptors (Lipinski definition) is 1. The summed E-state index contributed by atoms with van der Waals surface area (Å²) < 4.78 is 5.67. The van der Waals surface area contributed by atoms with Gasteiger partial charge in [-0.05, 0) is 87.9 Å². The van der Waals surface area contributed by atoms with E-state index >= 15 is 0 Å². The molecule has 0 aliphatic heterocycles. The van der Waals surface area contributed by atoms with E-state index in [2.05, 4.69) is 32.1 Å². The van der Waals surface area contributed by atoms with Crippen molar-refractivity contribution in [3.05, 3.63) is 24.5 Å². The molecule has 0 spiro atoms. The summed E-state index contributed by atoms with van der Waals surface area (Å²) in [6.07, 6.45) is 25.6. The molecule has 0 atom stereocenters. The Morgan fingerprint density at radius 2 is 1.50 bits per heavy atom. The Balaban J connectivity index is 1.60. The van der Waals surface area contributed by atoms with Crippen molar-refractivity contribution < 1.29 is 4.74 Å². The molecular weight excluding hydrogens is 292 g/mol. The first-order valence-electron chi connectivity index (χ1n) is 10.8. The molecule has 0 heterocycles. The van der Waals surface area contributed by atoms with E-state index < -0.39 is 0 Å². The van der Waals surface area contributed by atoms with Crippen LogP contribution in [0.5, 0.6) is 0 Å². The van der Waals surface area contributed by atoms with Gasteiger partial charge in [0.1, 0.15) is 0 Å². The van der Waals surface area contributed by atoms with Crippen LogP contribution in [0.4, 0.5) is 0 Å². The van der Waals surface area contributed by atoms with Gasteiger partial charge in [-0.25, -0.2) is 0 Å². The number of ether oxygens (including phenoxy) is 1. The average molecular weight is 333 g/mol. The molecule has 0 aromatic rings. The molecule has 24 heavy (non-hydrogen) atoms. The zero-order valence-electron chi connectivity index (χ0n) is 16.2. The van der Waals surface area contributed by atoms with Crippen molar-refractivity contribution in [2.75, 3.05) is 6.61 Å². The van der Waals surface area contributed by atoms with Gasteiger partial charge in [0.15, 0.2) is 0 Å². The second-order valence-corrected chi connectivity index (χ2v) is 8.14. The smallest absolute Gasteiger partial charge is 0.0901 e. The topological polar surface area (TPSA) is 9.23 Å². The molecule has 1 nitrogen and oxygen atoms in total. The summed E-state index contributed by atoms with van der Waals surface area (Å²) in [4.78, 5) is 0. The van der Waals surface area contributed by atoms with E-state index in [1.54, 1.807) is 0 Å². The first kappa shape index (κ1) is 19.6. The van der Waals surface area contributed by atoms with Gasteiger partial charge in [-0.2, -0.15) is 0 Å². The molecule has 2 saturated carbocycles. The van der Waals surface area contributed by atoms with Gasteiger partial charge >= 0.3 is 0 Å². The van der Waals surface area contributed by atoms with E-state index in [9.17, 15) is 0 Å². The predicted molar refractivity (Wildman–Crippen MR) is 105 cm³/mol. The number of hydrogen-bond donors (Lipinski definition) is 0. The Bertz CT molecular complexity index is 354. The lowest BCUT2D eigenvalue weighted by Gasteiger charge is -2.37. The molecule has 0 aromatic heterocycles. The molecule has 2 rings (SSSR count). The maximum absolute atomic E-state index is 5.67. The fourth-order valence-corrected chi connectivity index (χ4v) is 4.60. The van der Waals surface area contributed by atoms with Gasteiger partial charge in [-0.15, -0.1) is 0 Å². The van der Waals surface area contributed by atoms with Gasteiger partial charge in [0.05, 0.1) is 12.9 Å². The van der Waals surface area contributed by atoms with E-state index in [0.29, 0.717) is 0 Å². The van der Waals surface area contributed by atoms with Crippen LogP contribution in [-0.2, 0) is 4.74 Å². The number of rotatable bonds is 9. The van der Waals surface area contributed by atoms with Gasteiger partial charge in [-0.1, -0.05) is 44.9 Å². The first-order valence-corrected chi connectivity index (χ1v) is 10.8. The third-order valence-corrected chi connectivity index (χ3v) is 6.27. The SMILES string of the molecule is CCC=COC[C@H]1CC[C@H]([C@H]2CC[C@H](C=CCCCC)CC2)CC1. The van der Waals surface area contributed by atoms with E-state index in [-0.39, 0.29) is 0 Å². The van der Waals surface area contributed by atoms with Crippen molar-refractivity contribution in [2.24, 2.45) is 23.7 Å². The fraction of sp³-hybridized carbons (Fsp3) is 0.826. The van der Waals surface area contributed by atoms with Gasteiger partial charge in [0.2, 0.25) is 0 Å². The molecule has 138 valence electrons. The summed E-state index contributed by atoms with van der Waals surface area (Å²) in [6.45, 7) is 5.38. The maximum atomic E-state index is 5.67. The van der Waals surface area contributed by atoms with E-state index in [4.69, 9.17) is 4.74 Å². The van der Waals surface area contributed by atoms with Crippen molar-refractivity contribution in [1.29, 1.82) is 0 Å². The highest BCUT2D eigenvalue weighted by molar-refractivity contribution is 4.92. The van der Waals surface area contributed by atoms with Crippen LogP contribution < -0.4 is 0 Å². The summed E-state index contributed by atoms with van der Waals surface area (Å²) >= 11 is 0. The summed E-state index contributed by atoms with van der Waals surface area (Å²) in [5.41, 5.74) is 0. The maximum Gasteiger partial charge on any atom is 0.0901 e. The van der Waals surface area contributed by atoms with Gasteiger partial charge in [0, 0.05) is 0 Å². The highest BCUT2D eigenvalue weighted by Gasteiger charge is 2.30.